The van der Waals surface area contributed by atoms with E-state index in [1.807, 2.05) is 24.3 Å². The second-order valence-corrected chi connectivity index (χ2v) is 12.6. The molecule has 11 heteroatoms. The van der Waals surface area contributed by atoms with Crippen LogP contribution in [0, 0.1) is 0 Å². The molecule has 2 aromatic carbocycles. The molecule has 0 saturated carbocycles. The van der Waals surface area contributed by atoms with Gasteiger partial charge >= 0.3 is 45.2 Å². The van der Waals surface area contributed by atoms with Gasteiger partial charge in [0.05, 0.1) is 0 Å². The molecule has 0 spiro atoms. The Labute approximate surface area is 262 Å². The molecule has 0 aromatic heterocycles. The van der Waals surface area contributed by atoms with Crippen molar-refractivity contribution in [3.05, 3.63) is 57.6 Å². The third-order valence-corrected chi connectivity index (χ3v) is 7.48. The number of aryl methyl sites for hydroxylation is 4. The molecule has 0 aliphatic carbocycles. The standard InChI is InChI=1S/C29H46O8P2.Na.H/c1-5-9-13-22-17-24(15-11-7-3)28(36-38(30,31)32)26(19-22)21-27-20-23(14-10-6-2)18-25(16-12-8-4)29(27)37-39(33,34)35;;/h17-20H,5-16,21H2,1-4H3,(H2,30,31,32)(H2,33,34,35);;. The van der Waals surface area contributed by atoms with Crippen molar-refractivity contribution in [1.82, 2.24) is 0 Å². The predicted molar refractivity (Wildman–Crippen MR) is 163 cm³/mol. The predicted octanol–water partition coefficient (Wildman–Crippen LogP) is 6.94. The van der Waals surface area contributed by atoms with Crippen LogP contribution in [0.1, 0.15) is 112 Å². The molecule has 0 heterocycles. The number of hydrogen-bond acceptors (Lipinski definition) is 4. The van der Waals surface area contributed by atoms with Crippen LogP contribution in [0.5, 0.6) is 11.5 Å². The molecule has 0 amide bonds. The van der Waals surface area contributed by atoms with Crippen molar-refractivity contribution in [3.63, 3.8) is 0 Å². The van der Waals surface area contributed by atoms with E-state index in [1.165, 1.54) is 0 Å². The summed E-state index contributed by atoms with van der Waals surface area (Å²) in [6, 6.07) is 7.75. The van der Waals surface area contributed by atoms with E-state index < -0.39 is 15.6 Å². The van der Waals surface area contributed by atoms with Gasteiger partial charge in [0, 0.05) is 6.42 Å². The van der Waals surface area contributed by atoms with Crippen LogP contribution in [0.3, 0.4) is 0 Å². The first kappa shape index (κ1) is 37.4. The quantitative estimate of drug-likeness (QED) is 0.106. The van der Waals surface area contributed by atoms with Crippen molar-refractivity contribution >= 4 is 45.2 Å². The van der Waals surface area contributed by atoms with Crippen LogP contribution in [0.4, 0.5) is 0 Å². The molecular formula is C29H47NaO8P2. The summed E-state index contributed by atoms with van der Waals surface area (Å²) in [5, 5.41) is 0. The summed E-state index contributed by atoms with van der Waals surface area (Å²) in [7, 11) is -9.73. The summed E-state index contributed by atoms with van der Waals surface area (Å²) < 4.78 is 34.7. The Bertz CT molecular complexity index is 1070. The van der Waals surface area contributed by atoms with Gasteiger partial charge in [0.1, 0.15) is 11.5 Å². The number of phosphoric ester groups is 2. The van der Waals surface area contributed by atoms with E-state index in [0.29, 0.717) is 24.0 Å². The third-order valence-electron chi connectivity index (χ3n) is 6.64. The van der Waals surface area contributed by atoms with Gasteiger partial charge in [-0.1, -0.05) is 77.6 Å². The molecule has 2 rings (SSSR count). The minimum absolute atomic E-state index is 0. The zero-order valence-corrected chi connectivity index (χ0v) is 25.6. The van der Waals surface area contributed by atoms with Crippen LogP contribution >= 0.6 is 15.6 Å². The van der Waals surface area contributed by atoms with Gasteiger partial charge in [0.15, 0.2) is 0 Å². The maximum absolute atomic E-state index is 12.0. The molecule has 0 saturated heterocycles. The van der Waals surface area contributed by atoms with Crippen molar-refractivity contribution in [3.8, 4) is 11.5 Å². The minimum atomic E-state index is -4.86. The third kappa shape index (κ3) is 13.1. The molecule has 0 aliphatic heterocycles. The Balaban J connectivity index is 0.00000800. The van der Waals surface area contributed by atoms with Crippen LogP contribution in [0.2, 0.25) is 0 Å². The van der Waals surface area contributed by atoms with Gasteiger partial charge in [0.25, 0.3) is 0 Å². The van der Waals surface area contributed by atoms with Gasteiger partial charge in [0.2, 0.25) is 0 Å². The van der Waals surface area contributed by atoms with Crippen molar-refractivity contribution in [1.29, 1.82) is 0 Å². The van der Waals surface area contributed by atoms with E-state index in [4.69, 9.17) is 9.05 Å². The molecule has 0 fully saturated rings. The molecule has 0 aliphatic rings. The Morgan fingerprint density at radius 3 is 1.15 bits per heavy atom. The first-order valence-corrected chi connectivity index (χ1v) is 17.3. The fourth-order valence-corrected chi connectivity index (χ4v) is 5.69. The van der Waals surface area contributed by atoms with Gasteiger partial charge in [-0.05, 0) is 84.7 Å². The summed E-state index contributed by atoms with van der Waals surface area (Å²) in [5.41, 5.74) is 4.69. The van der Waals surface area contributed by atoms with E-state index >= 15 is 0 Å². The van der Waals surface area contributed by atoms with Crippen molar-refractivity contribution < 1.29 is 37.8 Å². The number of benzene rings is 2. The van der Waals surface area contributed by atoms with Crippen LogP contribution in [-0.4, -0.2) is 49.1 Å². The van der Waals surface area contributed by atoms with Crippen molar-refractivity contribution in [2.45, 2.75) is 111 Å². The molecule has 40 heavy (non-hydrogen) atoms. The van der Waals surface area contributed by atoms with Crippen molar-refractivity contribution in [2.24, 2.45) is 0 Å². The molecule has 0 atom stereocenters. The van der Waals surface area contributed by atoms with E-state index in [2.05, 4.69) is 27.7 Å². The molecule has 4 N–H and O–H groups in total. The Morgan fingerprint density at radius 2 is 0.850 bits per heavy atom. The van der Waals surface area contributed by atoms with Crippen LogP contribution in [0.25, 0.3) is 0 Å². The Hall–Kier alpha value is -0.660. The second kappa shape index (κ2) is 18.1. The average molecular weight is 609 g/mol. The monoisotopic (exact) mass is 608 g/mol. The van der Waals surface area contributed by atoms with Gasteiger partial charge in [-0.2, -0.15) is 0 Å². The van der Waals surface area contributed by atoms with E-state index in [-0.39, 0.29) is 47.5 Å². The summed E-state index contributed by atoms with van der Waals surface area (Å²) in [6.45, 7) is 8.32. The van der Waals surface area contributed by atoms with Crippen LogP contribution < -0.4 is 9.05 Å². The van der Waals surface area contributed by atoms with Gasteiger partial charge < -0.3 is 9.05 Å². The second-order valence-electron chi connectivity index (χ2n) is 10.2. The average Bonchev–Trinajstić information content (AvgIpc) is 2.85. The molecule has 2 aromatic rings. The summed E-state index contributed by atoms with van der Waals surface area (Å²) in [5.74, 6) is 0.293. The Morgan fingerprint density at radius 1 is 0.550 bits per heavy atom. The molecule has 0 radical (unpaired) electrons. The topological polar surface area (TPSA) is 134 Å². The fourth-order valence-electron chi connectivity index (χ4n) is 4.75. The zero-order chi connectivity index (χ0) is 29.1. The first-order chi connectivity index (χ1) is 18.4. The SMILES string of the molecule is CCCCc1cc(CCCC)c(OP(=O)(O)O)c(Cc2cc(CCCC)cc(CCCC)c2OP(=O)(O)O)c1.[NaH]. The fraction of sp³-hybridized carbons (Fsp3) is 0.586. The van der Waals surface area contributed by atoms with Crippen LogP contribution in [0.15, 0.2) is 24.3 Å². The van der Waals surface area contributed by atoms with Crippen LogP contribution in [-0.2, 0) is 41.2 Å². The van der Waals surface area contributed by atoms with E-state index in [0.717, 1.165) is 86.5 Å². The van der Waals surface area contributed by atoms with E-state index in [1.54, 1.807) is 0 Å². The molecule has 0 bridgehead atoms. The number of hydrogen-bond donors (Lipinski definition) is 4. The Kier molecular flexibility index (Phi) is 16.9. The molecular weight excluding hydrogens is 561 g/mol. The maximum atomic E-state index is 12.0. The summed E-state index contributed by atoms with van der Waals surface area (Å²) in [4.78, 5) is 39.1. The van der Waals surface area contributed by atoms with Gasteiger partial charge in [-0.3, -0.25) is 19.6 Å². The summed E-state index contributed by atoms with van der Waals surface area (Å²) in [6.07, 6.45) is 10.4. The normalized spacial score (nSPS) is 11.8. The number of rotatable bonds is 18. The summed E-state index contributed by atoms with van der Waals surface area (Å²) >= 11 is 0. The van der Waals surface area contributed by atoms with E-state index in [9.17, 15) is 28.7 Å². The van der Waals surface area contributed by atoms with Gasteiger partial charge in [-0.15, -0.1) is 0 Å². The number of unbranched alkanes of at least 4 members (excludes halogenated alkanes) is 4. The molecule has 8 nitrogen and oxygen atoms in total. The van der Waals surface area contributed by atoms with Crippen molar-refractivity contribution in [2.75, 3.05) is 0 Å². The van der Waals surface area contributed by atoms with Gasteiger partial charge in [-0.25, -0.2) is 9.13 Å². The zero-order valence-electron chi connectivity index (χ0n) is 23.8. The number of phosphoric acid groups is 2. The first-order valence-electron chi connectivity index (χ1n) is 14.2. The molecule has 0 unspecified atom stereocenters. The molecule has 222 valence electrons.